The van der Waals surface area contributed by atoms with E-state index in [1.165, 1.54) is 0 Å². The van der Waals surface area contributed by atoms with Gasteiger partial charge in [0.1, 0.15) is 5.75 Å². The molecule has 0 aliphatic carbocycles. The van der Waals surface area contributed by atoms with E-state index < -0.39 is 5.60 Å². The molecular formula is C15H21NO3. The van der Waals surface area contributed by atoms with Gasteiger partial charge in [0.25, 0.3) is 0 Å². The number of rotatable bonds is 3. The van der Waals surface area contributed by atoms with Crippen molar-refractivity contribution in [2.45, 2.75) is 36.9 Å². The average molecular weight is 263 g/mol. The predicted octanol–water partition coefficient (Wildman–Crippen LogP) is 1.12. The molecule has 0 spiro atoms. The fourth-order valence-electron chi connectivity index (χ4n) is 3.33. The number of ether oxygens (including phenoxy) is 2. The first kappa shape index (κ1) is 12.9. The van der Waals surface area contributed by atoms with Crippen molar-refractivity contribution in [3.8, 4) is 5.75 Å². The minimum atomic E-state index is -0.628. The minimum Gasteiger partial charge on any atom is -0.497 e. The fourth-order valence-corrected chi connectivity index (χ4v) is 3.33. The van der Waals surface area contributed by atoms with Gasteiger partial charge in [-0.05, 0) is 30.5 Å². The lowest BCUT2D eigenvalue weighted by molar-refractivity contribution is -0.0755. The molecule has 104 valence electrons. The van der Waals surface area contributed by atoms with Crippen LogP contribution in [-0.4, -0.2) is 43.1 Å². The lowest BCUT2D eigenvalue weighted by Gasteiger charge is -2.45. The zero-order valence-corrected chi connectivity index (χ0v) is 11.3. The topological polar surface area (TPSA) is 50.7 Å². The van der Waals surface area contributed by atoms with E-state index in [1.807, 2.05) is 18.2 Å². The maximum absolute atomic E-state index is 10.9. The van der Waals surface area contributed by atoms with E-state index in [0.29, 0.717) is 19.6 Å². The molecule has 1 aromatic rings. The standard InChI is InChI=1S/C15H21NO3/c1-18-14-4-2-3-11(5-14)6-15(17)7-12-9-19-10-13(8-15)16-12/h2-5,12-13,16-17H,6-10H2,1H3. The Balaban J connectivity index is 1.73. The Bertz CT molecular complexity index is 437. The molecule has 2 unspecified atom stereocenters. The summed E-state index contributed by atoms with van der Waals surface area (Å²) < 4.78 is 10.8. The summed E-state index contributed by atoms with van der Waals surface area (Å²) in [5.74, 6) is 0.846. The number of benzene rings is 1. The normalized spacial score (nSPS) is 34.0. The van der Waals surface area contributed by atoms with E-state index in [9.17, 15) is 5.11 Å². The molecule has 3 rings (SSSR count). The first-order chi connectivity index (χ1) is 9.17. The number of methoxy groups -OCH3 is 1. The highest BCUT2D eigenvalue weighted by Gasteiger charge is 2.41. The van der Waals surface area contributed by atoms with Crippen LogP contribution in [0.1, 0.15) is 18.4 Å². The summed E-state index contributed by atoms with van der Waals surface area (Å²) in [6.07, 6.45) is 2.18. The van der Waals surface area contributed by atoms with Crippen molar-refractivity contribution >= 4 is 0 Å². The molecule has 0 aromatic heterocycles. The van der Waals surface area contributed by atoms with E-state index in [-0.39, 0.29) is 12.1 Å². The van der Waals surface area contributed by atoms with Crippen LogP contribution < -0.4 is 10.1 Å². The van der Waals surface area contributed by atoms with Gasteiger partial charge in [-0.3, -0.25) is 0 Å². The quantitative estimate of drug-likeness (QED) is 0.858. The highest BCUT2D eigenvalue weighted by atomic mass is 16.5. The van der Waals surface area contributed by atoms with Crippen LogP contribution >= 0.6 is 0 Å². The molecule has 0 amide bonds. The van der Waals surface area contributed by atoms with Crippen molar-refractivity contribution in [3.05, 3.63) is 29.8 Å². The third-order valence-electron chi connectivity index (χ3n) is 4.03. The van der Waals surface area contributed by atoms with Gasteiger partial charge in [-0.15, -0.1) is 0 Å². The molecular weight excluding hydrogens is 242 g/mol. The summed E-state index contributed by atoms with van der Waals surface area (Å²) in [6, 6.07) is 8.52. The third kappa shape index (κ3) is 2.91. The van der Waals surface area contributed by atoms with Gasteiger partial charge in [-0.1, -0.05) is 12.1 Å². The van der Waals surface area contributed by atoms with Crippen LogP contribution in [-0.2, 0) is 11.2 Å². The second-order valence-corrected chi connectivity index (χ2v) is 5.76. The molecule has 2 aliphatic heterocycles. The van der Waals surface area contributed by atoms with Crippen molar-refractivity contribution in [3.63, 3.8) is 0 Å². The number of nitrogens with one attached hydrogen (secondary N) is 1. The van der Waals surface area contributed by atoms with Gasteiger partial charge in [-0.25, -0.2) is 0 Å². The Kier molecular flexibility index (Phi) is 3.48. The lowest BCUT2D eigenvalue weighted by atomic mass is 9.79. The van der Waals surface area contributed by atoms with Gasteiger partial charge in [0.05, 0.1) is 25.9 Å². The Labute approximate surface area is 113 Å². The van der Waals surface area contributed by atoms with Crippen LogP contribution in [0.4, 0.5) is 0 Å². The summed E-state index contributed by atoms with van der Waals surface area (Å²) in [6.45, 7) is 1.41. The maximum Gasteiger partial charge on any atom is 0.119 e. The molecule has 2 atom stereocenters. The number of fused-ring (bicyclic) bond motifs is 2. The Hall–Kier alpha value is -1.10. The first-order valence-corrected chi connectivity index (χ1v) is 6.86. The molecule has 2 N–H and O–H groups in total. The Morgan fingerprint density at radius 2 is 2.11 bits per heavy atom. The van der Waals surface area contributed by atoms with Crippen molar-refractivity contribution in [2.24, 2.45) is 0 Å². The Morgan fingerprint density at radius 3 is 2.79 bits per heavy atom. The summed E-state index contributed by atoms with van der Waals surface area (Å²) >= 11 is 0. The van der Waals surface area contributed by atoms with E-state index in [0.717, 1.165) is 24.2 Å². The maximum atomic E-state index is 10.9. The predicted molar refractivity (Wildman–Crippen MR) is 72.4 cm³/mol. The van der Waals surface area contributed by atoms with Gasteiger partial charge < -0.3 is 19.9 Å². The highest BCUT2D eigenvalue weighted by molar-refractivity contribution is 5.29. The van der Waals surface area contributed by atoms with Gasteiger partial charge in [0, 0.05) is 18.5 Å². The zero-order valence-electron chi connectivity index (χ0n) is 11.3. The van der Waals surface area contributed by atoms with Crippen molar-refractivity contribution < 1.29 is 14.6 Å². The molecule has 0 radical (unpaired) electrons. The third-order valence-corrected chi connectivity index (χ3v) is 4.03. The molecule has 4 nitrogen and oxygen atoms in total. The first-order valence-electron chi connectivity index (χ1n) is 6.86. The van der Waals surface area contributed by atoms with E-state index in [4.69, 9.17) is 9.47 Å². The summed E-state index contributed by atoms with van der Waals surface area (Å²) in [7, 11) is 1.67. The second-order valence-electron chi connectivity index (χ2n) is 5.76. The van der Waals surface area contributed by atoms with Crippen molar-refractivity contribution in [1.82, 2.24) is 5.32 Å². The van der Waals surface area contributed by atoms with E-state index in [1.54, 1.807) is 7.11 Å². The van der Waals surface area contributed by atoms with Crippen LogP contribution in [0.25, 0.3) is 0 Å². The van der Waals surface area contributed by atoms with Crippen LogP contribution in [0.3, 0.4) is 0 Å². The van der Waals surface area contributed by atoms with Crippen LogP contribution in [0, 0.1) is 0 Å². The minimum absolute atomic E-state index is 0.281. The molecule has 2 heterocycles. The largest absolute Gasteiger partial charge is 0.497 e. The van der Waals surface area contributed by atoms with Gasteiger partial charge >= 0.3 is 0 Å². The van der Waals surface area contributed by atoms with E-state index >= 15 is 0 Å². The van der Waals surface area contributed by atoms with Gasteiger partial charge in [0.15, 0.2) is 0 Å². The zero-order chi connectivity index (χ0) is 13.3. The average Bonchev–Trinajstić information content (AvgIpc) is 2.37. The smallest absolute Gasteiger partial charge is 0.119 e. The summed E-state index contributed by atoms with van der Waals surface area (Å²) in [5, 5.41) is 14.4. The molecule has 2 saturated heterocycles. The van der Waals surface area contributed by atoms with Gasteiger partial charge in [-0.2, -0.15) is 0 Å². The molecule has 1 aromatic carbocycles. The monoisotopic (exact) mass is 263 g/mol. The SMILES string of the molecule is COc1cccc(CC2(O)CC3COCC(C2)N3)c1. The molecule has 4 heteroatoms. The number of hydrogen-bond acceptors (Lipinski definition) is 4. The van der Waals surface area contributed by atoms with Crippen LogP contribution in [0.15, 0.2) is 24.3 Å². The van der Waals surface area contributed by atoms with Gasteiger partial charge in [0.2, 0.25) is 0 Å². The molecule has 2 bridgehead atoms. The van der Waals surface area contributed by atoms with Crippen LogP contribution in [0.5, 0.6) is 5.75 Å². The van der Waals surface area contributed by atoms with Crippen molar-refractivity contribution in [1.29, 1.82) is 0 Å². The summed E-state index contributed by atoms with van der Waals surface area (Å²) in [4.78, 5) is 0. The lowest BCUT2D eigenvalue weighted by Crippen LogP contribution is -2.60. The molecule has 0 saturated carbocycles. The van der Waals surface area contributed by atoms with Crippen molar-refractivity contribution in [2.75, 3.05) is 20.3 Å². The number of aliphatic hydroxyl groups is 1. The second kappa shape index (κ2) is 5.12. The van der Waals surface area contributed by atoms with Crippen LogP contribution in [0.2, 0.25) is 0 Å². The molecule has 2 fully saturated rings. The number of morpholine rings is 1. The fraction of sp³-hybridized carbons (Fsp3) is 0.600. The molecule has 19 heavy (non-hydrogen) atoms. The number of piperidine rings is 1. The summed E-state index contributed by atoms with van der Waals surface area (Å²) in [5.41, 5.74) is 0.499. The molecule has 2 aliphatic rings. The number of hydrogen-bond donors (Lipinski definition) is 2. The highest BCUT2D eigenvalue weighted by Crippen LogP contribution is 2.31. The van der Waals surface area contributed by atoms with E-state index in [2.05, 4.69) is 11.4 Å². The Morgan fingerprint density at radius 1 is 1.37 bits per heavy atom.